The maximum atomic E-state index is 11.3. The zero-order valence-electron chi connectivity index (χ0n) is 12.9. The van der Waals surface area contributed by atoms with Crippen LogP contribution in [0.4, 0.5) is 4.79 Å². The van der Waals surface area contributed by atoms with Crippen LogP contribution in [0.2, 0.25) is 0 Å². The van der Waals surface area contributed by atoms with Gasteiger partial charge in [-0.2, -0.15) is 13.1 Å². The third-order valence-corrected chi connectivity index (χ3v) is 2.29. The molecule has 0 aromatic carbocycles. The number of carbonyl (C=O) groups excluding carboxylic acids is 2. The molecule has 0 aliphatic heterocycles. The number of carbonyl (C=O) groups is 2. The molecular formula is C11H24N2O7S. The van der Waals surface area contributed by atoms with Crippen molar-refractivity contribution < 1.29 is 32.6 Å². The van der Waals surface area contributed by atoms with Crippen LogP contribution >= 0.6 is 0 Å². The molecule has 21 heavy (non-hydrogen) atoms. The van der Waals surface area contributed by atoms with E-state index in [0.29, 0.717) is 0 Å². The van der Waals surface area contributed by atoms with E-state index < -0.39 is 34.4 Å². The summed E-state index contributed by atoms with van der Waals surface area (Å²) in [6.45, 7) is 7.86. The van der Waals surface area contributed by atoms with Gasteiger partial charge in [0.1, 0.15) is 12.1 Å². The molecule has 0 fully saturated rings. The van der Waals surface area contributed by atoms with Gasteiger partial charge in [-0.05, 0) is 34.6 Å². The predicted octanol–water partition coefficient (Wildman–Crippen LogP) is -0.0928. The van der Waals surface area contributed by atoms with Crippen molar-refractivity contribution in [3.05, 3.63) is 0 Å². The summed E-state index contributed by atoms with van der Waals surface area (Å²) in [5, 5.41) is 7.57. The summed E-state index contributed by atoms with van der Waals surface area (Å²) < 4.78 is 35.3. The summed E-state index contributed by atoms with van der Waals surface area (Å²) in [4.78, 5) is 22.1. The van der Waals surface area contributed by atoms with Crippen LogP contribution in [0.15, 0.2) is 0 Å². The number of rotatable bonds is 5. The lowest BCUT2D eigenvalue weighted by Gasteiger charge is -2.19. The van der Waals surface area contributed by atoms with Crippen molar-refractivity contribution in [2.75, 3.05) is 19.8 Å². The number of ether oxygens (including phenoxy) is 2. The summed E-state index contributed by atoms with van der Waals surface area (Å²) >= 11 is 0. The minimum Gasteiger partial charge on any atom is -0.465 e. The largest absolute Gasteiger partial charge is 0.465 e. The second-order valence-electron chi connectivity index (χ2n) is 4.55. The second kappa shape index (κ2) is 10.4. The van der Waals surface area contributed by atoms with Crippen LogP contribution in [0.25, 0.3) is 0 Å². The van der Waals surface area contributed by atoms with Crippen LogP contribution in [-0.4, -0.2) is 50.9 Å². The predicted molar refractivity (Wildman–Crippen MR) is 75.7 cm³/mol. The summed E-state index contributed by atoms with van der Waals surface area (Å²) in [6.07, 6.45) is -1.13. The van der Waals surface area contributed by atoms with Gasteiger partial charge in [0.05, 0.1) is 6.61 Å². The van der Waals surface area contributed by atoms with Crippen molar-refractivity contribution in [3.8, 4) is 0 Å². The number of nitrogens with one attached hydrogen (secondary N) is 2. The smallest absolute Gasteiger partial charge is 0.422 e. The zero-order valence-corrected chi connectivity index (χ0v) is 13.7. The van der Waals surface area contributed by atoms with Crippen molar-refractivity contribution in [1.29, 1.82) is 0 Å². The minimum absolute atomic E-state index is 0.139. The first-order valence-electron chi connectivity index (χ1n) is 6.24. The van der Waals surface area contributed by atoms with Gasteiger partial charge in [0.2, 0.25) is 0 Å². The lowest BCUT2D eigenvalue weighted by molar-refractivity contribution is -0.141. The fourth-order valence-electron chi connectivity index (χ4n) is 0.811. The fourth-order valence-corrected chi connectivity index (χ4v) is 1.45. The number of esters is 1. The third-order valence-electron chi connectivity index (χ3n) is 1.33. The van der Waals surface area contributed by atoms with E-state index in [4.69, 9.17) is 9.84 Å². The van der Waals surface area contributed by atoms with Gasteiger partial charge in [0.25, 0.3) is 0 Å². The molecule has 10 heteroatoms. The molecule has 0 rings (SSSR count). The first kappa shape index (κ1) is 21.9. The number of hydrogen-bond acceptors (Lipinski definition) is 7. The normalized spacial score (nSPS) is 11.0. The molecule has 0 unspecified atom stereocenters. The molecule has 1 amide bonds. The van der Waals surface area contributed by atoms with Crippen LogP contribution in [0.3, 0.4) is 0 Å². The molecule has 0 spiro atoms. The highest BCUT2D eigenvalue weighted by Gasteiger charge is 2.21. The summed E-state index contributed by atoms with van der Waals surface area (Å²) in [5.74, 6) is -0.743. The average molecular weight is 328 g/mol. The Kier molecular flexibility index (Phi) is 10.8. The summed E-state index contributed by atoms with van der Waals surface area (Å²) in [7, 11) is -4.14. The van der Waals surface area contributed by atoms with Gasteiger partial charge in [-0.15, -0.1) is 0 Å². The lowest BCUT2D eigenvalue weighted by Crippen LogP contribution is -2.44. The van der Waals surface area contributed by atoms with Crippen molar-refractivity contribution in [1.82, 2.24) is 9.44 Å². The molecule has 0 radical (unpaired) electrons. The first-order chi connectivity index (χ1) is 9.47. The highest BCUT2D eigenvalue weighted by molar-refractivity contribution is 7.88. The van der Waals surface area contributed by atoms with Crippen LogP contribution in [0.5, 0.6) is 0 Å². The Morgan fingerprint density at radius 1 is 1.19 bits per heavy atom. The van der Waals surface area contributed by atoms with Crippen molar-refractivity contribution in [2.45, 2.75) is 40.2 Å². The minimum atomic E-state index is -4.14. The molecule has 0 aliphatic carbocycles. The molecule has 9 nitrogen and oxygen atoms in total. The quantitative estimate of drug-likeness (QED) is 0.601. The van der Waals surface area contributed by atoms with Gasteiger partial charge in [-0.3, -0.25) is 4.79 Å². The Hall–Kier alpha value is -1.39. The van der Waals surface area contributed by atoms with Crippen molar-refractivity contribution in [3.63, 3.8) is 0 Å². The van der Waals surface area contributed by atoms with Crippen LogP contribution in [-0.2, 0) is 24.5 Å². The molecular weight excluding hydrogens is 304 g/mol. The van der Waals surface area contributed by atoms with E-state index in [0.717, 1.165) is 0 Å². The van der Waals surface area contributed by atoms with Gasteiger partial charge >= 0.3 is 22.3 Å². The molecule has 0 heterocycles. The van der Waals surface area contributed by atoms with Gasteiger partial charge in [0, 0.05) is 6.61 Å². The Bertz CT molecular complexity index is 415. The van der Waals surface area contributed by atoms with E-state index in [9.17, 15) is 18.0 Å². The topological polar surface area (TPSA) is 131 Å². The number of aliphatic hydroxyl groups is 1. The fraction of sp³-hybridized carbons (Fsp3) is 0.818. The molecule has 0 saturated carbocycles. The Labute approximate surface area is 125 Å². The number of hydrogen-bond donors (Lipinski definition) is 3. The lowest BCUT2D eigenvalue weighted by atomic mass is 10.2. The number of aliphatic hydroxyl groups excluding tert-OH is 1. The van der Waals surface area contributed by atoms with Crippen molar-refractivity contribution in [2.24, 2.45) is 0 Å². The average Bonchev–Trinajstić information content (AvgIpc) is 2.24. The Morgan fingerprint density at radius 2 is 1.67 bits per heavy atom. The molecule has 0 aromatic rings. The van der Waals surface area contributed by atoms with Gasteiger partial charge < -0.3 is 14.6 Å². The molecule has 126 valence electrons. The summed E-state index contributed by atoms with van der Waals surface area (Å²) in [5.41, 5.74) is -0.819. The van der Waals surface area contributed by atoms with Gasteiger partial charge in [-0.1, -0.05) is 0 Å². The maximum Gasteiger partial charge on any atom is 0.422 e. The van der Waals surface area contributed by atoms with Gasteiger partial charge in [-0.25, -0.2) is 9.52 Å². The molecule has 0 atom stereocenters. The molecule has 0 bridgehead atoms. The van der Waals surface area contributed by atoms with E-state index in [1.165, 1.54) is 0 Å². The van der Waals surface area contributed by atoms with E-state index in [-0.39, 0.29) is 13.2 Å². The number of amides is 1. The highest BCUT2D eigenvalue weighted by atomic mass is 32.2. The Morgan fingerprint density at radius 3 is 2.05 bits per heavy atom. The zero-order chi connectivity index (χ0) is 17.1. The third kappa shape index (κ3) is 16.6. The van der Waals surface area contributed by atoms with Crippen LogP contribution in [0, 0.1) is 0 Å². The SMILES string of the molecule is CCO.CCOC(=O)CNS(=O)(=O)NC(=O)OC(C)(C)C. The van der Waals surface area contributed by atoms with Gasteiger partial charge in [0.15, 0.2) is 0 Å². The van der Waals surface area contributed by atoms with Crippen LogP contribution in [0.1, 0.15) is 34.6 Å². The monoisotopic (exact) mass is 328 g/mol. The van der Waals surface area contributed by atoms with Crippen LogP contribution < -0.4 is 9.44 Å². The standard InChI is InChI=1S/C9H18N2O6S.C2H6O/c1-5-16-7(12)6-10-18(14,15)11-8(13)17-9(2,3)4;1-2-3/h10H,5-6H2,1-4H3,(H,11,13);3H,2H2,1H3. The molecule has 0 aromatic heterocycles. The van der Waals surface area contributed by atoms with E-state index in [1.807, 2.05) is 4.72 Å². The Balaban J connectivity index is 0. The van der Waals surface area contributed by atoms with E-state index >= 15 is 0 Å². The van der Waals surface area contributed by atoms with E-state index in [2.05, 4.69) is 4.74 Å². The second-order valence-corrected chi connectivity index (χ2v) is 6.05. The highest BCUT2D eigenvalue weighted by Crippen LogP contribution is 2.06. The molecule has 0 saturated heterocycles. The van der Waals surface area contributed by atoms with E-state index in [1.54, 1.807) is 39.3 Å². The molecule has 3 N–H and O–H groups in total. The summed E-state index contributed by atoms with van der Waals surface area (Å²) in [6, 6.07) is 0. The first-order valence-corrected chi connectivity index (χ1v) is 7.72. The molecule has 0 aliphatic rings. The maximum absolute atomic E-state index is 11.3. The van der Waals surface area contributed by atoms with Crippen molar-refractivity contribution >= 4 is 22.3 Å².